The normalized spacial score (nSPS) is 18.7. The van der Waals surface area contributed by atoms with Crippen LogP contribution in [-0.2, 0) is 0 Å². The van der Waals surface area contributed by atoms with Crippen molar-refractivity contribution in [1.82, 2.24) is 15.1 Å². The summed E-state index contributed by atoms with van der Waals surface area (Å²) in [6.45, 7) is 6.40. The van der Waals surface area contributed by atoms with E-state index in [0.29, 0.717) is 21.9 Å². The number of aromatic nitrogens is 2. The van der Waals surface area contributed by atoms with E-state index in [9.17, 15) is 10.1 Å². The van der Waals surface area contributed by atoms with Crippen LogP contribution in [0.25, 0.3) is 0 Å². The average Bonchev–Trinajstić information content (AvgIpc) is 3.13. The summed E-state index contributed by atoms with van der Waals surface area (Å²) in [5.41, 5.74) is 6.84. The molecule has 0 radical (unpaired) electrons. The van der Waals surface area contributed by atoms with Gasteiger partial charge in [-0.1, -0.05) is 24.4 Å². The highest BCUT2D eigenvalue weighted by molar-refractivity contribution is 6.30. The fourth-order valence-electron chi connectivity index (χ4n) is 3.08. The van der Waals surface area contributed by atoms with Crippen molar-refractivity contribution in [3.8, 4) is 6.07 Å². The Morgan fingerprint density at radius 1 is 1.27 bits per heavy atom. The van der Waals surface area contributed by atoms with Crippen LogP contribution in [-0.4, -0.2) is 28.3 Å². The third kappa shape index (κ3) is 6.75. The monoisotopic (exact) mass is 430 g/mol. The Hall–Kier alpha value is -2.56. The van der Waals surface area contributed by atoms with Crippen LogP contribution in [0.2, 0.25) is 5.02 Å². The SMILES string of the molecule is CNC(C)(C)C.N#CC1CCCC[C@@H]1n1cc(C(N)=O)c(Nc2ccc(Cl)cc2)n1. The first-order chi connectivity index (χ1) is 14.1. The predicted octanol–water partition coefficient (Wildman–Crippen LogP) is 4.64. The highest BCUT2D eigenvalue weighted by Gasteiger charge is 2.28. The number of hydrogen-bond donors (Lipinski definition) is 3. The molecule has 1 heterocycles. The summed E-state index contributed by atoms with van der Waals surface area (Å²) in [7, 11) is 1.96. The van der Waals surface area contributed by atoms with Crippen molar-refractivity contribution in [2.45, 2.75) is 58.0 Å². The molecule has 1 amide bonds. The van der Waals surface area contributed by atoms with E-state index in [4.69, 9.17) is 17.3 Å². The molecule has 0 saturated heterocycles. The number of carbonyl (C=O) groups excluding carboxylic acids is 1. The standard InChI is InChI=1S/C17H18ClN5O.C5H13N/c18-12-5-7-13(8-6-12)21-17-14(16(20)24)10-23(22-17)15-4-2-1-3-11(15)9-19;1-5(2,3)6-4/h5-8,10-11,15H,1-4H2,(H2,20,24)(H,21,22);6H,1-4H3/t11?,15-;/m0./s1. The zero-order valence-electron chi connectivity index (χ0n) is 18.1. The van der Waals surface area contributed by atoms with Crippen LogP contribution in [0.15, 0.2) is 30.5 Å². The lowest BCUT2D eigenvalue weighted by Gasteiger charge is -2.26. The minimum atomic E-state index is -0.554. The molecule has 1 aromatic carbocycles. The van der Waals surface area contributed by atoms with Gasteiger partial charge in [-0.05, 0) is 64.9 Å². The Bertz CT molecular complexity index is 879. The summed E-state index contributed by atoms with van der Waals surface area (Å²) in [6.07, 6.45) is 5.47. The number of hydrogen-bond acceptors (Lipinski definition) is 5. The van der Waals surface area contributed by atoms with E-state index in [1.807, 2.05) is 7.05 Å². The molecule has 3 rings (SSSR count). The molecular formula is C22H31ClN6O. The summed E-state index contributed by atoms with van der Waals surface area (Å²) in [4.78, 5) is 11.8. The van der Waals surface area contributed by atoms with Gasteiger partial charge < -0.3 is 16.4 Å². The van der Waals surface area contributed by atoms with E-state index in [2.05, 4.69) is 42.6 Å². The Morgan fingerprint density at radius 3 is 2.40 bits per heavy atom. The smallest absolute Gasteiger partial charge is 0.254 e. The van der Waals surface area contributed by atoms with Gasteiger partial charge in [-0.3, -0.25) is 9.48 Å². The van der Waals surface area contributed by atoms with Gasteiger partial charge in [-0.2, -0.15) is 10.4 Å². The molecule has 1 saturated carbocycles. The summed E-state index contributed by atoms with van der Waals surface area (Å²) in [5, 5.41) is 20.7. The van der Waals surface area contributed by atoms with E-state index >= 15 is 0 Å². The van der Waals surface area contributed by atoms with Gasteiger partial charge in [0.2, 0.25) is 0 Å². The fourth-order valence-corrected chi connectivity index (χ4v) is 3.21. The number of anilines is 2. The van der Waals surface area contributed by atoms with E-state index < -0.39 is 5.91 Å². The number of carbonyl (C=O) groups is 1. The molecule has 0 aliphatic heterocycles. The number of halogens is 1. The van der Waals surface area contributed by atoms with Gasteiger partial charge in [0.25, 0.3) is 5.91 Å². The molecule has 30 heavy (non-hydrogen) atoms. The molecule has 2 aromatic rings. The maximum atomic E-state index is 11.8. The maximum absolute atomic E-state index is 11.8. The highest BCUT2D eigenvalue weighted by Crippen LogP contribution is 2.34. The second kappa shape index (κ2) is 10.5. The zero-order chi connectivity index (χ0) is 22.3. The van der Waals surface area contributed by atoms with E-state index in [-0.39, 0.29) is 12.0 Å². The van der Waals surface area contributed by atoms with Crippen molar-refractivity contribution in [2.24, 2.45) is 11.7 Å². The molecule has 1 unspecified atom stereocenters. The lowest BCUT2D eigenvalue weighted by atomic mass is 9.85. The van der Waals surface area contributed by atoms with Crippen molar-refractivity contribution in [2.75, 3.05) is 12.4 Å². The van der Waals surface area contributed by atoms with Gasteiger partial charge in [0.1, 0.15) is 5.56 Å². The van der Waals surface area contributed by atoms with Crippen LogP contribution in [0.1, 0.15) is 62.9 Å². The lowest BCUT2D eigenvalue weighted by Crippen LogP contribution is -2.31. The molecule has 4 N–H and O–H groups in total. The Kier molecular flexibility index (Phi) is 8.27. The van der Waals surface area contributed by atoms with Gasteiger partial charge in [0.05, 0.1) is 18.0 Å². The molecule has 8 heteroatoms. The highest BCUT2D eigenvalue weighted by atomic mass is 35.5. The van der Waals surface area contributed by atoms with Crippen LogP contribution in [0.3, 0.4) is 0 Å². The second-order valence-electron chi connectivity index (χ2n) is 8.45. The Morgan fingerprint density at radius 2 is 1.87 bits per heavy atom. The van der Waals surface area contributed by atoms with E-state index in [1.54, 1.807) is 35.1 Å². The van der Waals surface area contributed by atoms with Crippen molar-refractivity contribution in [3.63, 3.8) is 0 Å². The molecule has 162 valence electrons. The molecule has 1 aromatic heterocycles. The molecule has 1 fully saturated rings. The summed E-state index contributed by atoms with van der Waals surface area (Å²) in [6, 6.07) is 9.42. The van der Waals surface area contributed by atoms with Gasteiger partial charge in [-0.15, -0.1) is 0 Å². The van der Waals surface area contributed by atoms with Crippen LogP contribution in [0.4, 0.5) is 11.5 Å². The van der Waals surface area contributed by atoms with Gasteiger partial charge >= 0.3 is 0 Å². The van der Waals surface area contributed by atoms with Crippen LogP contribution in [0, 0.1) is 17.2 Å². The average molecular weight is 431 g/mol. The molecular weight excluding hydrogens is 400 g/mol. The predicted molar refractivity (Wildman–Crippen MR) is 121 cm³/mol. The van der Waals surface area contributed by atoms with Crippen molar-refractivity contribution in [3.05, 3.63) is 41.0 Å². The van der Waals surface area contributed by atoms with Crippen molar-refractivity contribution in [1.29, 1.82) is 5.26 Å². The number of nitrogens with two attached hydrogens (primary N) is 1. The van der Waals surface area contributed by atoms with Crippen LogP contribution in [0.5, 0.6) is 0 Å². The summed E-state index contributed by atoms with van der Waals surface area (Å²) >= 11 is 5.88. The number of nitrogens with zero attached hydrogens (tertiary/aromatic N) is 3. The molecule has 1 aliphatic carbocycles. The lowest BCUT2D eigenvalue weighted by molar-refractivity contribution is 0.100. The summed E-state index contributed by atoms with van der Waals surface area (Å²) < 4.78 is 1.71. The number of nitriles is 1. The third-order valence-corrected chi connectivity index (χ3v) is 5.34. The summed E-state index contributed by atoms with van der Waals surface area (Å²) in [5.74, 6) is -0.253. The Balaban J connectivity index is 0.000000469. The Labute approximate surface area is 183 Å². The number of rotatable bonds is 4. The quantitative estimate of drug-likeness (QED) is 0.654. The molecule has 7 nitrogen and oxygen atoms in total. The van der Waals surface area contributed by atoms with Crippen LogP contribution >= 0.6 is 11.6 Å². The van der Waals surface area contributed by atoms with Gasteiger partial charge in [-0.25, -0.2) is 0 Å². The molecule has 0 bridgehead atoms. The minimum Gasteiger partial charge on any atom is -0.365 e. The molecule has 2 atom stereocenters. The van der Waals surface area contributed by atoms with Gasteiger partial charge in [0.15, 0.2) is 5.82 Å². The molecule has 1 aliphatic rings. The first-order valence-corrected chi connectivity index (χ1v) is 10.5. The topological polar surface area (TPSA) is 109 Å². The zero-order valence-corrected chi connectivity index (χ0v) is 18.8. The third-order valence-electron chi connectivity index (χ3n) is 5.09. The van der Waals surface area contributed by atoms with Crippen molar-refractivity contribution >= 4 is 29.0 Å². The fraction of sp³-hybridized carbons (Fsp3) is 0.500. The number of benzene rings is 1. The van der Waals surface area contributed by atoms with Crippen molar-refractivity contribution < 1.29 is 4.79 Å². The van der Waals surface area contributed by atoms with E-state index in [0.717, 1.165) is 31.4 Å². The van der Waals surface area contributed by atoms with E-state index in [1.165, 1.54) is 0 Å². The first kappa shape index (κ1) is 23.7. The molecule has 0 spiro atoms. The van der Waals surface area contributed by atoms with Crippen LogP contribution < -0.4 is 16.4 Å². The number of primary amides is 1. The number of amides is 1. The first-order valence-electron chi connectivity index (χ1n) is 10.1. The maximum Gasteiger partial charge on any atom is 0.254 e. The minimum absolute atomic E-state index is 0.0254. The number of nitrogens with one attached hydrogen (secondary N) is 2. The van der Waals surface area contributed by atoms with Gasteiger partial charge in [0, 0.05) is 22.4 Å². The second-order valence-corrected chi connectivity index (χ2v) is 8.89. The largest absolute Gasteiger partial charge is 0.365 e.